The van der Waals surface area contributed by atoms with Crippen LogP contribution in [0.1, 0.15) is 19.4 Å². The molecule has 4 atom stereocenters. The lowest BCUT2D eigenvalue weighted by Gasteiger charge is -2.23. The van der Waals surface area contributed by atoms with E-state index in [0.29, 0.717) is 0 Å². The predicted molar refractivity (Wildman–Crippen MR) is 92.9 cm³/mol. The molecule has 0 amide bonds. The SMILES string of the molecule is COC1OC(COc2cccc(NS(N)(=O)=O)c2C#N)C2OC(C)(C)OC12. The van der Waals surface area contributed by atoms with E-state index < -0.39 is 40.6 Å². The molecule has 0 spiro atoms. The van der Waals surface area contributed by atoms with E-state index in [1.54, 1.807) is 19.9 Å². The molecule has 27 heavy (non-hydrogen) atoms. The molecule has 0 radical (unpaired) electrons. The Morgan fingerprint density at radius 1 is 1.33 bits per heavy atom. The van der Waals surface area contributed by atoms with Gasteiger partial charge < -0.3 is 23.7 Å². The highest BCUT2D eigenvalue weighted by atomic mass is 32.2. The van der Waals surface area contributed by atoms with Gasteiger partial charge in [0.15, 0.2) is 12.1 Å². The van der Waals surface area contributed by atoms with Crippen molar-refractivity contribution >= 4 is 15.9 Å². The molecule has 2 aliphatic heterocycles. The summed E-state index contributed by atoms with van der Waals surface area (Å²) in [6.45, 7) is 3.65. The molecule has 1 aromatic rings. The first-order chi connectivity index (χ1) is 12.6. The van der Waals surface area contributed by atoms with Crippen molar-refractivity contribution in [3.8, 4) is 11.8 Å². The minimum Gasteiger partial charge on any atom is -0.489 e. The van der Waals surface area contributed by atoms with Gasteiger partial charge in [-0.1, -0.05) is 6.07 Å². The van der Waals surface area contributed by atoms with Gasteiger partial charge in [0, 0.05) is 7.11 Å². The van der Waals surface area contributed by atoms with E-state index in [4.69, 9.17) is 28.8 Å². The van der Waals surface area contributed by atoms with Crippen LogP contribution in [0.5, 0.6) is 5.75 Å². The summed E-state index contributed by atoms with van der Waals surface area (Å²) >= 11 is 0. The number of rotatable bonds is 6. The average Bonchev–Trinajstić information content (AvgIpc) is 3.04. The quantitative estimate of drug-likeness (QED) is 0.702. The number of nitriles is 1. The Labute approximate surface area is 157 Å². The molecule has 2 aliphatic rings. The van der Waals surface area contributed by atoms with Crippen molar-refractivity contribution in [1.82, 2.24) is 0 Å². The minimum absolute atomic E-state index is 0.00767. The zero-order valence-corrected chi connectivity index (χ0v) is 15.9. The molecule has 2 heterocycles. The number of anilines is 1. The average molecular weight is 399 g/mol. The molecule has 3 N–H and O–H groups in total. The van der Waals surface area contributed by atoms with Crippen LogP contribution in [0.25, 0.3) is 0 Å². The topological polar surface area (TPSA) is 142 Å². The number of nitrogens with zero attached hydrogens (tertiary/aromatic N) is 1. The number of nitrogens with two attached hydrogens (primary N) is 1. The van der Waals surface area contributed by atoms with Gasteiger partial charge in [-0.15, -0.1) is 0 Å². The number of nitrogens with one attached hydrogen (secondary N) is 1. The first-order valence-corrected chi connectivity index (χ1v) is 9.68. The summed E-state index contributed by atoms with van der Waals surface area (Å²) in [6, 6.07) is 6.41. The molecule has 2 fully saturated rings. The summed E-state index contributed by atoms with van der Waals surface area (Å²) in [4.78, 5) is 0. The van der Waals surface area contributed by atoms with E-state index in [1.165, 1.54) is 19.2 Å². The van der Waals surface area contributed by atoms with E-state index in [9.17, 15) is 13.7 Å². The molecular weight excluding hydrogens is 378 g/mol. The largest absolute Gasteiger partial charge is 0.489 e. The maximum atomic E-state index is 11.3. The Kier molecular flexibility index (Phi) is 5.31. The number of methoxy groups -OCH3 is 1. The van der Waals surface area contributed by atoms with Gasteiger partial charge in [-0.3, -0.25) is 4.72 Å². The van der Waals surface area contributed by atoms with Gasteiger partial charge in [0.1, 0.15) is 42.3 Å². The fraction of sp³-hybridized carbons (Fsp3) is 0.562. The molecule has 0 bridgehead atoms. The lowest BCUT2D eigenvalue weighted by atomic mass is 10.1. The second-order valence-corrected chi connectivity index (χ2v) is 7.89. The summed E-state index contributed by atoms with van der Waals surface area (Å²) < 4.78 is 53.1. The molecule has 2 saturated heterocycles. The van der Waals surface area contributed by atoms with Crippen molar-refractivity contribution in [2.75, 3.05) is 18.4 Å². The van der Waals surface area contributed by atoms with Crippen LogP contribution in [0.15, 0.2) is 18.2 Å². The molecule has 11 heteroatoms. The molecule has 3 rings (SSSR count). The van der Waals surface area contributed by atoms with Crippen LogP contribution in [0.4, 0.5) is 5.69 Å². The Morgan fingerprint density at radius 2 is 2.04 bits per heavy atom. The first kappa shape index (κ1) is 19.8. The van der Waals surface area contributed by atoms with Gasteiger partial charge in [0.05, 0.1) is 5.69 Å². The molecular formula is C16H21N3O7S. The summed E-state index contributed by atoms with van der Waals surface area (Å²) in [5.74, 6) is -0.587. The Balaban J connectivity index is 1.75. The van der Waals surface area contributed by atoms with E-state index in [0.717, 1.165) is 0 Å². The van der Waals surface area contributed by atoms with Crippen LogP contribution < -0.4 is 14.6 Å². The van der Waals surface area contributed by atoms with Crippen LogP contribution in [0, 0.1) is 11.3 Å². The van der Waals surface area contributed by atoms with Gasteiger partial charge in [-0.05, 0) is 26.0 Å². The summed E-state index contributed by atoms with van der Waals surface area (Å²) in [5, 5.41) is 14.4. The zero-order chi connectivity index (χ0) is 19.8. The van der Waals surface area contributed by atoms with E-state index in [1.807, 2.05) is 6.07 Å². The number of hydrogen-bond donors (Lipinski definition) is 2. The Morgan fingerprint density at radius 3 is 2.67 bits per heavy atom. The molecule has 0 aliphatic carbocycles. The summed E-state index contributed by atoms with van der Waals surface area (Å²) in [5.41, 5.74) is 0.0346. The monoisotopic (exact) mass is 399 g/mol. The van der Waals surface area contributed by atoms with Gasteiger partial charge in [-0.25, -0.2) is 5.14 Å². The van der Waals surface area contributed by atoms with Crippen molar-refractivity contribution in [3.63, 3.8) is 0 Å². The highest BCUT2D eigenvalue weighted by Crippen LogP contribution is 2.39. The van der Waals surface area contributed by atoms with Crippen molar-refractivity contribution < 1.29 is 32.1 Å². The standard InChI is InChI=1S/C16H21N3O7S/c1-16(2)25-13-12(24-15(22-3)14(13)26-16)8-23-11-6-4-5-10(9(11)7-17)19-27(18,20)21/h4-6,12-15,19H,8H2,1-3H3,(H2,18,20,21). The van der Waals surface area contributed by atoms with Crippen molar-refractivity contribution in [1.29, 1.82) is 5.26 Å². The molecule has 0 saturated carbocycles. The van der Waals surface area contributed by atoms with Crippen LogP contribution >= 0.6 is 0 Å². The predicted octanol–water partition coefficient (Wildman–Crippen LogP) is 0.444. The highest BCUT2D eigenvalue weighted by molar-refractivity contribution is 7.90. The first-order valence-electron chi connectivity index (χ1n) is 8.14. The molecule has 4 unspecified atom stereocenters. The van der Waals surface area contributed by atoms with E-state index >= 15 is 0 Å². The molecule has 10 nitrogen and oxygen atoms in total. The normalized spacial score (nSPS) is 29.1. The second-order valence-electron chi connectivity index (χ2n) is 6.59. The third-order valence-electron chi connectivity index (χ3n) is 4.13. The van der Waals surface area contributed by atoms with Crippen molar-refractivity contribution in [2.45, 2.75) is 44.2 Å². The van der Waals surface area contributed by atoms with Crippen LogP contribution in [0.3, 0.4) is 0 Å². The minimum atomic E-state index is -4.03. The lowest BCUT2D eigenvalue weighted by molar-refractivity contribution is -0.229. The zero-order valence-electron chi connectivity index (χ0n) is 15.0. The van der Waals surface area contributed by atoms with Crippen molar-refractivity contribution in [3.05, 3.63) is 23.8 Å². The van der Waals surface area contributed by atoms with Crippen molar-refractivity contribution in [2.24, 2.45) is 5.14 Å². The summed E-state index contributed by atoms with van der Waals surface area (Å²) in [6.07, 6.45) is -1.90. The third-order valence-corrected chi connectivity index (χ3v) is 4.64. The van der Waals surface area contributed by atoms with Crippen LogP contribution in [-0.2, 0) is 29.2 Å². The smallest absolute Gasteiger partial charge is 0.296 e. The fourth-order valence-electron chi connectivity index (χ4n) is 3.14. The van der Waals surface area contributed by atoms with Gasteiger partial charge in [0.25, 0.3) is 10.2 Å². The maximum absolute atomic E-state index is 11.3. The fourth-order valence-corrected chi connectivity index (χ4v) is 3.62. The number of fused-ring (bicyclic) bond motifs is 1. The highest BCUT2D eigenvalue weighted by Gasteiger charge is 2.55. The Bertz CT molecular complexity index is 852. The van der Waals surface area contributed by atoms with Crippen LogP contribution in [0.2, 0.25) is 0 Å². The molecule has 0 aromatic heterocycles. The second kappa shape index (κ2) is 7.23. The van der Waals surface area contributed by atoms with E-state index in [-0.39, 0.29) is 23.6 Å². The number of ether oxygens (including phenoxy) is 5. The number of hydrogen-bond acceptors (Lipinski definition) is 8. The van der Waals surface area contributed by atoms with E-state index in [2.05, 4.69) is 4.72 Å². The summed E-state index contributed by atoms with van der Waals surface area (Å²) in [7, 11) is -2.52. The Hall–Kier alpha value is -1.94. The maximum Gasteiger partial charge on any atom is 0.296 e. The van der Waals surface area contributed by atoms with Gasteiger partial charge in [-0.2, -0.15) is 13.7 Å². The van der Waals surface area contributed by atoms with Gasteiger partial charge in [0.2, 0.25) is 0 Å². The van der Waals surface area contributed by atoms with Crippen LogP contribution in [-0.4, -0.2) is 52.5 Å². The molecule has 148 valence electrons. The number of benzene rings is 1. The molecule has 1 aromatic carbocycles. The lowest BCUT2D eigenvalue weighted by Crippen LogP contribution is -2.34. The van der Waals surface area contributed by atoms with Gasteiger partial charge >= 0.3 is 0 Å². The third kappa shape index (κ3) is 4.32.